The molecule has 264 valence electrons. The molecule has 3 aromatic rings. The van der Waals surface area contributed by atoms with E-state index in [1.54, 1.807) is 13.2 Å². The number of benzene rings is 2. The standard InChI is InChI=1S/C38H51N5O5S/c1-6-39-24(2)19-27-13-10-18-42(27)37(45)38-22-32(38)31-21-28(48-5)15-17-29(31)35-34(25-11-8-7-9-12-25)30-16-14-26(20-33(30)43(35)23-38)36(44)40-49(46,47)41(3)4/h14-17,20-21,24-25,27,32,39H,6-13,18-19,22-23H2,1-5H3,(H,40,44). The van der Waals surface area contributed by atoms with Crippen LogP contribution in [0.5, 0.6) is 5.75 Å². The molecule has 3 heterocycles. The van der Waals surface area contributed by atoms with Gasteiger partial charge in [0, 0.05) is 67.2 Å². The second-order valence-corrected chi connectivity index (χ2v) is 16.9. The summed E-state index contributed by atoms with van der Waals surface area (Å²) in [6.07, 6.45) is 9.47. The minimum atomic E-state index is -3.97. The highest BCUT2D eigenvalue weighted by Crippen LogP contribution is 2.66. The zero-order valence-corrected chi connectivity index (χ0v) is 30.4. The van der Waals surface area contributed by atoms with Gasteiger partial charge in [-0.05, 0) is 99.4 Å². The lowest BCUT2D eigenvalue weighted by molar-refractivity contribution is -0.138. The van der Waals surface area contributed by atoms with Crippen LogP contribution in [0.3, 0.4) is 0 Å². The molecule has 1 aromatic heterocycles. The van der Waals surface area contributed by atoms with E-state index in [1.165, 1.54) is 38.9 Å². The maximum absolute atomic E-state index is 15.0. The molecule has 2 aliphatic carbocycles. The minimum absolute atomic E-state index is 0.0587. The second-order valence-electron chi connectivity index (χ2n) is 15.0. The lowest BCUT2D eigenvalue weighted by Gasteiger charge is -2.31. The summed E-state index contributed by atoms with van der Waals surface area (Å²) in [6, 6.07) is 12.4. The predicted octanol–water partition coefficient (Wildman–Crippen LogP) is 5.77. The molecular weight excluding hydrogens is 639 g/mol. The fourth-order valence-electron chi connectivity index (χ4n) is 9.16. The zero-order valence-electron chi connectivity index (χ0n) is 29.5. The SMILES string of the molecule is CCNC(C)CC1CCCN1C(=O)C12CC1c1cc(OC)ccc1-c1c(C3CCCCC3)c3ccc(C(=O)NS(=O)(=O)N(C)C)cc3n1C2. The summed E-state index contributed by atoms with van der Waals surface area (Å²) in [7, 11) is 0.505. The molecule has 7 rings (SSSR count). The first-order valence-corrected chi connectivity index (χ1v) is 19.6. The highest BCUT2D eigenvalue weighted by atomic mass is 32.2. The van der Waals surface area contributed by atoms with Crippen LogP contribution in [0.2, 0.25) is 0 Å². The molecule has 2 N–H and O–H groups in total. The van der Waals surface area contributed by atoms with Crippen LogP contribution in [-0.4, -0.2) is 80.4 Å². The topological polar surface area (TPSA) is 113 Å². The van der Waals surface area contributed by atoms with E-state index >= 15 is 4.79 Å². The Hall–Kier alpha value is -3.41. The van der Waals surface area contributed by atoms with Crippen molar-refractivity contribution in [3.05, 3.63) is 53.1 Å². The first kappa shape index (κ1) is 34.1. The van der Waals surface area contributed by atoms with Crippen molar-refractivity contribution < 1.29 is 22.7 Å². The number of nitrogens with zero attached hydrogens (tertiary/aromatic N) is 3. The average Bonchev–Trinajstić information content (AvgIpc) is 3.53. The van der Waals surface area contributed by atoms with Gasteiger partial charge in [-0.2, -0.15) is 12.7 Å². The Labute approximate surface area is 290 Å². The van der Waals surface area contributed by atoms with Crippen molar-refractivity contribution in [2.75, 3.05) is 34.3 Å². The Balaban J connectivity index is 1.39. The molecule has 0 spiro atoms. The van der Waals surface area contributed by atoms with Crippen LogP contribution in [0, 0.1) is 5.41 Å². The van der Waals surface area contributed by atoms with Gasteiger partial charge in [0.15, 0.2) is 0 Å². The summed E-state index contributed by atoms with van der Waals surface area (Å²) in [6.45, 7) is 6.52. The fourth-order valence-corrected chi connectivity index (χ4v) is 9.70. The van der Waals surface area contributed by atoms with E-state index < -0.39 is 21.5 Å². The minimum Gasteiger partial charge on any atom is -0.497 e. The van der Waals surface area contributed by atoms with Crippen LogP contribution in [-0.2, 0) is 21.5 Å². The summed E-state index contributed by atoms with van der Waals surface area (Å²) in [5, 5.41) is 4.62. The number of amides is 2. The van der Waals surface area contributed by atoms with E-state index in [4.69, 9.17) is 4.74 Å². The average molecular weight is 690 g/mol. The van der Waals surface area contributed by atoms with Crippen molar-refractivity contribution in [2.45, 2.75) is 102 Å². The molecule has 3 fully saturated rings. The molecule has 2 amide bonds. The van der Waals surface area contributed by atoms with Gasteiger partial charge in [0.1, 0.15) is 5.75 Å². The van der Waals surface area contributed by atoms with Gasteiger partial charge < -0.3 is 19.5 Å². The molecule has 4 atom stereocenters. The summed E-state index contributed by atoms with van der Waals surface area (Å²) < 4.78 is 36.5. The molecule has 0 radical (unpaired) electrons. The van der Waals surface area contributed by atoms with Crippen molar-refractivity contribution in [3.8, 4) is 17.0 Å². The molecule has 2 saturated carbocycles. The molecule has 4 unspecified atom stereocenters. The van der Waals surface area contributed by atoms with E-state index in [-0.39, 0.29) is 23.4 Å². The van der Waals surface area contributed by atoms with Crippen LogP contribution in [0.1, 0.15) is 105 Å². The molecule has 4 aliphatic rings. The van der Waals surface area contributed by atoms with Crippen molar-refractivity contribution in [1.29, 1.82) is 0 Å². The van der Waals surface area contributed by atoms with Gasteiger partial charge in [-0.25, -0.2) is 4.72 Å². The van der Waals surface area contributed by atoms with Crippen LogP contribution >= 0.6 is 0 Å². The second kappa shape index (κ2) is 13.0. The third kappa shape index (κ3) is 5.95. The molecule has 2 aromatic carbocycles. The van der Waals surface area contributed by atoms with Crippen LogP contribution in [0.4, 0.5) is 0 Å². The Morgan fingerprint density at radius 3 is 2.55 bits per heavy atom. The number of likely N-dealkylation sites (tertiary alicyclic amines) is 1. The number of methoxy groups -OCH3 is 1. The quantitative estimate of drug-likeness (QED) is 0.280. The Bertz CT molecular complexity index is 1880. The zero-order chi connectivity index (χ0) is 34.7. The van der Waals surface area contributed by atoms with E-state index in [2.05, 4.69) is 45.5 Å². The largest absolute Gasteiger partial charge is 0.497 e. The fraction of sp³-hybridized carbons (Fsp3) is 0.579. The smallest absolute Gasteiger partial charge is 0.303 e. The summed E-state index contributed by atoms with van der Waals surface area (Å²) in [5.74, 6) is 0.762. The predicted molar refractivity (Wildman–Crippen MR) is 192 cm³/mol. The Morgan fingerprint density at radius 2 is 1.84 bits per heavy atom. The van der Waals surface area contributed by atoms with E-state index in [9.17, 15) is 13.2 Å². The summed E-state index contributed by atoms with van der Waals surface area (Å²) >= 11 is 0. The molecule has 0 bridgehead atoms. The van der Waals surface area contributed by atoms with Crippen LogP contribution < -0.4 is 14.8 Å². The first-order valence-electron chi connectivity index (χ1n) is 18.1. The maximum Gasteiger partial charge on any atom is 0.303 e. The number of nitrogens with one attached hydrogen (secondary N) is 2. The summed E-state index contributed by atoms with van der Waals surface area (Å²) in [5.41, 5.74) is 5.27. The maximum atomic E-state index is 15.0. The van der Waals surface area contributed by atoms with Gasteiger partial charge >= 0.3 is 10.2 Å². The number of rotatable bonds is 10. The van der Waals surface area contributed by atoms with Gasteiger partial charge in [0.25, 0.3) is 5.91 Å². The van der Waals surface area contributed by atoms with Crippen molar-refractivity contribution >= 4 is 32.9 Å². The molecule has 11 heteroatoms. The van der Waals surface area contributed by atoms with Gasteiger partial charge in [-0.1, -0.05) is 32.3 Å². The van der Waals surface area contributed by atoms with Crippen LogP contribution in [0.25, 0.3) is 22.2 Å². The number of carbonyl (C=O) groups is 2. The number of aromatic nitrogens is 1. The lowest BCUT2D eigenvalue weighted by atomic mass is 9.81. The number of hydrogen-bond acceptors (Lipinski definition) is 6. The highest BCUT2D eigenvalue weighted by Gasteiger charge is 2.64. The Kier molecular flexibility index (Phi) is 9.07. The van der Waals surface area contributed by atoms with Gasteiger partial charge in [0.05, 0.1) is 18.2 Å². The Morgan fingerprint density at radius 1 is 1.06 bits per heavy atom. The van der Waals surface area contributed by atoms with Gasteiger partial charge in [0.2, 0.25) is 5.91 Å². The third-order valence-electron chi connectivity index (χ3n) is 11.7. The lowest BCUT2D eigenvalue weighted by Crippen LogP contribution is -2.44. The normalized spacial score (nSPS) is 24.2. The number of ether oxygens (including phenoxy) is 1. The third-order valence-corrected chi connectivity index (χ3v) is 13.1. The van der Waals surface area contributed by atoms with Crippen LogP contribution in [0.15, 0.2) is 36.4 Å². The molecule has 10 nitrogen and oxygen atoms in total. The molecular formula is C38H51N5O5S. The molecule has 1 saturated heterocycles. The monoisotopic (exact) mass is 689 g/mol. The number of carbonyl (C=O) groups excluding carboxylic acids is 2. The number of fused-ring (bicyclic) bond motifs is 7. The van der Waals surface area contributed by atoms with Gasteiger partial charge in [-0.15, -0.1) is 0 Å². The van der Waals surface area contributed by atoms with Gasteiger partial charge in [-0.3, -0.25) is 9.59 Å². The first-order chi connectivity index (χ1) is 23.5. The van der Waals surface area contributed by atoms with Crippen molar-refractivity contribution in [2.24, 2.45) is 5.41 Å². The van der Waals surface area contributed by atoms with E-state index in [0.717, 1.165) is 89.4 Å². The highest BCUT2D eigenvalue weighted by molar-refractivity contribution is 7.87. The van der Waals surface area contributed by atoms with E-state index in [0.29, 0.717) is 18.5 Å². The number of hydrogen-bond donors (Lipinski definition) is 2. The molecule has 49 heavy (non-hydrogen) atoms. The molecule has 2 aliphatic heterocycles. The van der Waals surface area contributed by atoms with Crippen molar-refractivity contribution in [1.82, 2.24) is 23.8 Å². The van der Waals surface area contributed by atoms with Crippen molar-refractivity contribution in [3.63, 3.8) is 0 Å². The van der Waals surface area contributed by atoms with E-state index in [1.807, 2.05) is 18.2 Å². The summed E-state index contributed by atoms with van der Waals surface area (Å²) in [4.78, 5) is 30.6.